The van der Waals surface area contributed by atoms with Crippen molar-refractivity contribution in [3.05, 3.63) is 115 Å². The molecule has 10 aromatic rings. The molecule has 5 aromatic carbocycles. The van der Waals surface area contributed by atoms with Crippen LogP contribution in [0.25, 0.3) is 87.7 Å². The molecule has 5 aromatic heterocycles. The van der Waals surface area contributed by atoms with Crippen molar-refractivity contribution in [3.8, 4) is 12.0 Å². The third-order valence-electron chi connectivity index (χ3n) is 8.72. The molecule has 0 saturated carbocycles. The topological polar surface area (TPSA) is 71.8 Å². The molecule has 0 atom stereocenters. The van der Waals surface area contributed by atoms with E-state index >= 15 is 0 Å². The molecule has 0 spiro atoms. The molecular weight excluding hydrogens is 516 g/mol. The first-order valence-electron chi connectivity index (χ1n) is 13.9. The van der Waals surface area contributed by atoms with Crippen LogP contribution in [0.1, 0.15) is 5.69 Å². The van der Waals surface area contributed by atoms with E-state index in [0.717, 1.165) is 27.2 Å². The number of benzene rings is 5. The second-order valence-electron chi connectivity index (χ2n) is 10.8. The summed E-state index contributed by atoms with van der Waals surface area (Å²) in [7, 11) is 0. The first-order chi connectivity index (χ1) is 20.8. The molecule has 0 amide bonds. The van der Waals surface area contributed by atoms with Crippen molar-refractivity contribution in [2.75, 3.05) is 0 Å². The number of aromatic nitrogens is 5. The number of para-hydroxylation sites is 2. The Labute approximate surface area is 237 Å². The molecule has 0 aliphatic heterocycles. The Balaban J connectivity index is 1.52. The van der Waals surface area contributed by atoms with Crippen LogP contribution in [0, 0.1) is 11.3 Å². The average molecular weight is 535 g/mol. The van der Waals surface area contributed by atoms with Crippen LogP contribution < -0.4 is 0 Å². The number of hydrogen-bond acceptors (Lipinski definition) is 4. The molecule has 0 aliphatic rings. The molecular formula is C36H18N6. The highest BCUT2D eigenvalue weighted by Crippen LogP contribution is 2.46. The van der Waals surface area contributed by atoms with Crippen LogP contribution in [0.5, 0.6) is 0 Å². The highest BCUT2D eigenvalue weighted by molar-refractivity contribution is 6.36. The van der Waals surface area contributed by atoms with Gasteiger partial charge in [-0.25, -0.2) is 4.98 Å². The van der Waals surface area contributed by atoms with Crippen molar-refractivity contribution in [3.63, 3.8) is 0 Å². The number of nitrogens with zero attached hydrogens (tertiary/aromatic N) is 6. The smallest absolute Gasteiger partial charge is 0.236 e. The third kappa shape index (κ3) is 2.56. The molecule has 5 heterocycles. The van der Waals surface area contributed by atoms with Gasteiger partial charge in [-0.2, -0.15) is 10.2 Å². The normalized spacial score (nSPS) is 12.3. The molecule has 0 radical (unpaired) electrons. The average Bonchev–Trinajstić information content (AvgIpc) is 3.67. The zero-order valence-electron chi connectivity index (χ0n) is 22.1. The Morgan fingerprint density at radius 2 is 1.33 bits per heavy atom. The molecule has 10 rings (SSSR count). The summed E-state index contributed by atoms with van der Waals surface area (Å²) >= 11 is 0. The Bertz CT molecular complexity index is 2810. The summed E-state index contributed by atoms with van der Waals surface area (Å²) in [6.07, 6.45) is 1.67. The van der Waals surface area contributed by atoms with Crippen LogP contribution in [0.3, 0.4) is 0 Å². The molecule has 0 saturated heterocycles. The fourth-order valence-corrected chi connectivity index (χ4v) is 7.05. The lowest BCUT2D eigenvalue weighted by Crippen LogP contribution is -2.04. The van der Waals surface area contributed by atoms with Gasteiger partial charge in [0.2, 0.25) is 5.95 Å². The SMILES string of the molecule is N#Cc1nc(-n2c3cc4ccccc4cc3c3c4c5ccccc5n5c6ccccc6c(cc32)c45)nc2cccnc12. The lowest BCUT2D eigenvalue weighted by molar-refractivity contribution is 0.998. The van der Waals surface area contributed by atoms with Gasteiger partial charge in [0.25, 0.3) is 0 Å². The van der Waals surface area contributed by atoms with Gasteiger partial charge in [0.1, 0.15) is 11.6 Å². The molecule has 6 heteroatoms. The van der Waals surface area contributed by atoms with Gasteiger partial charge in [0.15, 0.2) is 5.69 Å². The Morgan fingerprint density at radius 3 is 2.17 bits per heavy atom. The maximum atomic E-state index is 10.1. The van der Waals surface area contributed by atoms with E-state index in [2.05, 4.69) is 111 Å². The number of hydrogen-bond donors (Lipinski definition) is 0. The van der Waals surface area contributed by atoms with Crippen molar-refractivity contribution in [2.24, 2.45) is 0 Å². The number of nitriles is 1. The highest BCUT2D eigenvalue weighted by atomic mass is 15.2. The van der Waals surface area contributed by atoms with Crippen molar-refractivity contribution in [1.29, 1.82) is 5.26 Å². The van der Waals surface area contributed by atoms with Crippen LogP contribution in [-0.2, 0) is 0 Å². The second-order valence-corrected chi connectivity index (χ2v) is 10.8. The molecule has 0 N–H and O–H groups in total. The third-order valence-corrected chi connectivity index (χ3v) is 8.72. The van der Waals surface area contributed by atoms with E-state index in [1.165, 1.54) is 43.5 Å². The summed E-state index contributed by atoms with van der Waals surface area (Å²) in [5.74, 6) is 0.462. The highest BCUT2D eigenvalue weighted by Gasteiger charge is 2.25. The molecule has 0 bridgehead atoms. The van der Waals surface area contributed by atoms with Crippen molar-refractivity contribution in [1.82, 2.24) is 23.9 Å². The summed E-state index contributed by atoms with van der Waals surface area (Å²) < 4.78 is 4.54. The van der Waals surface area contributed by atoms with Gasteiger partial charge < -0.3 is 4.40 Å². The second kappa shape index (κ2) is 7.57. The van der Waals surface area contributed by atoms with Gasteiger partial charge >= 0.3 is 0 Å². The molecule has 0 fully saturated rings. The minimum absolute atomic E-state index is 0.263. The van der Waals surface area contributed by atoms with Crippen molar-refractivity contribution < 1.29 is 0 Å². The molecule has 42 heavy (non-hydrogen) atoms. The fourth-order valence-electron chi connectivity index (χ4n) is 7.05. The summed E-state index contributed by atoms with van der Waals surface area (Å²) in [6, 6.07) is 38.5. The zero-order valence-corrected chi connectivity index (χ0v) is 22.1. The first kappa shape index (κ1) is 21.7. The predicted octanol–water partition coefficient (Wildman–Crippen LogP) is 8.30. The van der Waals surface area contributed by atoms with Gasteiger partial charge in [-0.05, 0) is 53.2 Å². The van der Waals surface area contributed by atoms with Crippen LogP contribution >= 0.6 is 0 Å². The van der Waals surface area contributed by atoms with Gasteiger partial charge in [-0.3, -0.25) is 9.55 Å². The first-order valence-corrected chi connectivity index (χ1v) is 13.9. The zero-order chi connectivity index (χ0) is 27.5. The quantitative estimate of drug-likeness (QED) is 0.212. The van der Waals surface area contributed by atoms with E-state index in [1.807, 2.05) is 12.1 Å². The standard InChI is InChI=1S/C36H18N6/c37-19-27-34-26(12-7-15-38-34)39-36(40-27)42-30-17-21-9-2-1-8-20(21)16-25(30)32-31(42)18-24-22-10-3-5-13-28(22)41-29-14-6-4-11-23(29)33(32)35(24)41/h1-18H. The lowest BCUT2D eigenvalue weighted by Gasteiger charge is -2.09. The van der Waals surface area contributed by atoms with Crippen molar-refractivity contribution in [2.45, 2.75) is 0 Å². The maximum absolute atomic E-state index is 10.1. The number of pyridine rings is 1. The minimum Gasteiger partial charge on any atom is -0.308 e. The molecule has 0 unspecified atom stereocenters. The van der Waals surface area contributed by atoms with Crippen LogP contribution in [-0.4, -0.2) is 23.9 Å². The van der Waals surface area contributed by atoms with Crippen molar-refractivity contribution >= 4 is 81.7 Å². The summed E-state index contributed by atoms with van der Waals surface area (Å²) in [6.45, 7) is 0. The van der Waals surface area contributed by atoms with Crippen LogP contribution in [0.4, 0.5) is 0 Å². The van der Waals surface area contributed by atoms with Crippen LogP contribution in [0.2, 0.25) is 0 Å². The van der Waals surface area contributed by atoms with Gasteiger partial charge in [0, 0.05) is 38.5 Å². The van der Waals surface area contributed by atoms with Gasteiger partial charge in [-0.1, -0.05) is 60.7 Å². The summed E-state index contributed by atoms with van der Waals surface area (Å²) in [5.41, 5.74) is 7.02. The maximum Gasteiger partial charge on any atom is 0.236 e. The lowest BCUT2D eigenvalue weighted by atomic mass is 10.0. The van der Waals surface area contributed by atoms with E-state index in [9.17, 15) is 5.26 Å². The van der Waals surface area contributed by atoms with Crippen LogP contribution in [0.15, 0.2) is 109 Å². The van der Waals surface area contributed by atoms with Gasteiger partial charge in [0.05, 0.1) is 33.1 Å². The molecule has 6 nitrogen and oxygen atoms in total. The number of fused-ring (bicyclic) bond motifs is 12. The monoisotopic (exact) mass is 534 g/mol. The Hall–Kier alpha value is -6.06. The molecule has 192 valence electrons. The van der Waals surface area contributed by atoms with E-state index in [0.29, 0.717) is 17.0 Å². The largest absolute Gasteiger partial charge is 0.308 e. The van der Waals surface area contributed by atoms with E-state index in [-0.39, 0.29) is 5.69 Å². The fraction of sp³-hybridized carbons (Fsp3) is 0. The Kier molecular flexibility index (Phi) is 3.91. The van der Waals surface area contributed by atoms with E-state index < -0.39 is 0 Å². The Morgan fingerprint density at radius 1 is 0.595 bits per heavy atom. The number of rotatable bonds is 1. The summed E-state index contributed by atoms with van der Waals surface area (Å²) in [5, 5.41) is 19.5. The van der Waals surface area contributed by atoms with E-state index in [4.69, 9.17) is 9.97 Å². The van der Waals surface area contributed by atoms with E-state index in [1.54, 1.807) is 6.20 Å². The minimum atomic E-state index is 0.263. The predicted molar refractivity (Wildman–Crippen MR) is 169 cm³/mol. The molecule has 0 aliphatic carbocycles. The van der Waals surface area contributed by atoms with Gasteiger partial charge in [-0.15, -0.1) is 0 Å². The summed E-state index contributed by atoms with van der Waals surface area (Å²) in [4.78, 5) is 14.2.